The lowest BCUT2D eigenvalue weighted by atomic mass is 10.2. The molecule has 0 amide bonds. The molecule has 2 aromatic carbocycles. The van der Waals surface area contributed by atoms with Crippen LogP contribution in [0.3, 0.4) is 0 Å². The molecule has 1 aromatic heterocycles. The van der Waals surface area contributed by atoms with Crippen molar-refractivity contribution in [3.8, 4) is 0 Å². The summed E-state index contributed by atoms with van der Waals surface area (Å²) in [6.07, 6.45) is 0.944. The van der Waals surface area contributed by atoms with Gasteiger partial charge in [-0.05, 0) is 36.4 Å². The van der Waals surface area contributed by atoms with E-state index in [0.29, 0.717) is 11.4 Å². The van der Waals surface area contributed by atoms with Crippen LogP contribution in [0.4, 0.5) is 27.5 Å². The molecule has 136 valence electrons. The molecule has 3 aromatic rings. The number of carbonyl (C=O) groups is 2. The van der Waals surface area contributed by atoms with Crippen LogP contribution in [0.1, 0.15) is 20.7 Å². The Labute approximate surface area is 152 Å². The first-order valence-corrected chi connectivity index (χ1v) is 7.65. The number of halogens is 1. The number of aromatic carboxylic acids is 2. The molecular formula is C18H13FN4O4. The molecule has 3 rings (SSSR count). The van der Waals surface area contributed by atoms with E-state index in [9.17, 15) is 14.0 Å². The largest absolute Gasteiger partial charge is 0.478 e. The van der Waals surface area contributed by atoms with Crippen molar-refractivity contribution < 1.29 is 24.2 Å². The van der Waals surface area contributed by atoms with Gasteiger partial charge in [0, 0.05) is 11.4 Å². The molecule has 0 radical (unpaired) electrons. The van der Waals surface area contributed by atoms with Crippen LogP contribution in [0.25, 0.3) is 0 Å². The van der Waals surface area contributed by atoms with Crippen LogP contribution >= 0.6 is 0 Å². The Hall–Kier alpha value is -4.01. The van der Waals surface area contributed by atoms with Crippen molar-refractivity contribution in [2.45, 2.75) is 0 Å². The summed E-state index contributed by atoms with van der Waals surface area (Å²) in [6.45, 7) is 0. The minimum absolute atomic E-state index is 0.0378. The molecule has 8 nitrogen and oxygen atoms in total. The van der Waals surface area contributed by atoms with Crippen LogP contribution in [0.15, 0.2) is 54.7 Å². The minimum atomic E-state index is -1.11. The lowest BCUT2D eigenvalue weighted by Crippen LogP contribution is -2.05. The number of hydrogen-bond acceptors (Lipinski definition) is 6. The highest BCUT2D eigenvalue weighted by Crippen LogP contribution is 2.21. The van der Waals surface area contributed by atoms with Crippen LogP contribution in [0, 0.1) is 5.82 Å². The third-order valence-corrected chi connectivity index (χ3v) is 3.48. The monoisotopic (exact) mass is 368 g/mol. The molecule has 0 aliphatic heterocycles. The van der Waals surface area contributed by atoms with E-state index < -0.39 is 17.8 Å². The Balaban J connectivity index is 1.84. The van der Waals surface area contributed by atoms with E-state index in [-0.39, 0.29) is 22.9 Å². The Morgan fingerprint density at radius 3 is 2.00 bits per heavy atom. The number of anilines is 4. The number of nitrogens with zero attached hydrogens (tertiary/aromatic N) is 2. The molecule has 27 heavy (non-hydrogen) atoms. The summed E-state index contributed by atoms with van der Waals surface area (Å²) < 4.78 is 14.0. The third-order valence-electron chi connectivity index (χ3n) is 3.48. The molecule has 0 saturated carbocycles. The molecule has 1 heterocycles. The predicted molar refractivity (Wildman–Crippen MR) is 95.4 cm³/mol. The number of aromatic nitrogens is 2. The highest BCUT2D eigenvalue weighted by molar-refractivity contribution is 5.89. The summed E-state index contributed by atoms with van der Waals surface area (Å²) in [6, 6.07) is 11.8. The van der Waals surface area contributed by atoms with Gasteiger partial charge < -0.3 is 20.8 Å². The smallest absolute Gasteiger partial charge is 0.335 e. The van der Waals surface area contributed by atoms with Gasteiger partial charge in [-0.2, -0.15) is 4.98 Å². The molecule has 0 aliphatic rings. The van der Waals surface area contributed by atoms with E-state index >= 15 is 0 Å². The molecule has 4 N–H and O–H groups in total. The summed E-state index contributed by atoms with van der Waals surface area (Å²) in [4.78, 5) is 29.9. The number of carboxylic acids is 2. The lowest BCUT2D eigenvalue weighted by molar-refractivity contribution is 0.0686. The zero-order chi connectivity index (χ0) is 19.4. The molecule has 0 unspecified atom stereocenters. The van der Waals surface area contributed by atoms with Gasteiger partial charge in [-0.15, -0.1) is 0 Å². The number of rotatable bonds is 6. The van der Waals surface area contributed by atoms with E-state index in [2.05, 4.69) is 20.6 Å². The molecule has 0 atom stereocenters. The van der Waals surface area contributed by atoms with Gasteiger partial charge in [0.1, 0.15) is 0 Å². The number of hydrogen-bond donors (Lipinski definition) is 4. The topological polar surface area (TPSA) is 124 Å². The number of nitrogens with one attached hydrogen (secondary N) is 2. The van der Waals surface area contributed by atoms with Gasteiger partial charge >= 0.3 is 11.9 Å². The van der Waals surface area contributed by atoms with Crippen LogP contribution < -0.4 is 10.6 Å². The maximum absolute atomic E-state index is 14.0. The van der Waals surface area contributed by atoms with E-state index in [0.717, 1.165) is 6.20 Å². The fraction of sp³-hybridized carbons (Fsp3) is 0. The molecule has 0 saturated heterocycles. The predicted octanol–water partition coefficient (Wildman–Crippen LogP) is 3.50. The summed E-state index contributed by atoms with van der Waals surface area (Å²) in [7, 11) is 0. The van der Waals surface area contributed by atoms with Crippen molar-refractivity contribution in [1.82, 2.24) is 9.97 Å². The number of carboxylic acid groups (broad SMARTS) is 2. The third kappa shape index (κ3) is 4.34. The average molecular weight is 368 g/mol. The SMILES string of the molecule is O=C(O)c1cccc(Nc2ncc(F)c(Nc3cccc(C(=O)O)c3)n2)c1. The van der Waals surface area contributed by atoms with Crippen molar-refractivity contribution in [2.75, 3.05) is 10.6 Å². The van der Waals surface area contributed by atoms with Gasteiger partial charge in [-0.3, -0.25) is 0 Å². The molecule has 0 fully saturated rings. The summed E-state index contributed by atoms with van der Waals surface area (Å²) in [5, 5.41) is 23.5. The van der Waals surface area contributed by atoms with Crippen LogP contribution in [-0.2, 0) is 0 Å². The Bertz CT molecular complexity index is 1030. The summed E-state index contributed by atoms with van der Waals surface area (Å²) >= 11 is 0. The van der Waals surface area contributed by atoms with Crippen LogP contribution in [0.5, 0.6) is 0 Å². The van der Waals surface area contributed by atoms with Crippen molar-refractivity contribution in [1.29, 1.82) is 0 Å². The first-order chi connectivity index (χ1) is 12.9. The second-order valence-electron chi connectivity index (χ2n) is 5.41. The van der Waals surface area contributed by atoms with Crippen molar-refractivity contribution in [3.05, 3.63) is 71.7 Å². The Morgan fingerprint density at radius 2 is 1.44 bits per heavy atom. The Kier molecular flexibility index (Phi) is 4.93. The van der Waals surface area contributed by atoms with Gasteiger partial charge in [-0.1, -0.05) is 12.1 Å². The quantitative estimate of drug-likeness (QED) is 0.521. The van der Waals surface area contributed by atoms with Crippen molar-refractivity contribution >= 4 is 35.1 Å². The van der Waals surface area contributed by atoms with Gasteiger partial charge in [-0.25, -0.2) is 19.0 Å². The average Bonchev–Trinajstić information content (AvgIpc) is 2.65. The number of benzene rings is 2. The zero-order valence-corrected chi connectivity index (χ0v) is 13.7. The van der Waals surface area contributed by atoms with Gasteiger partial charge in [0.05, 0.1) is 17.3 Å². The second kappa shape index (κ2) is 7.48. The highest BCUT2D eigenvalue weighted by Gasteiger charge is 2.10. The van der Waals surface area contributed by atoms with E-state index in [1.807, 2.05) is 0 Å². The van der Waals surface area contributed by atoms with Gasteiger partial charge in [0.25, 0.3) is 0 Å². The van der Waals surface area contributed by atoms with Crippen molar-refractivity contribution in [3.63, 3.8) is 0 Å². The van der Waals surface area contributed by atoms with Crippen LogP contribution in [-0.4, -0.2) is 32.1 Å². The fourth-order valence-electron chi connectivity index (χ4n) is 2.24. The normalized spacial score (nSPS) is 10.3. The molecule has 9 heteroatoms. The molecule has 0 spiro atoms. The maximum atomic E-state index is 14.0. The summed E-state index contributed by atoms with van der Waals surface area (Å²) in [5.41, 5.74) is 0.871. The van der Waals surface area contributed by atoms with Gasteiger partial charge in [0.15, 0.2) is 11.6 Å². The Morgan fingerprint density at radius 1 is 0.889 bits per heavy atom. The maximum Gasteiger partial charge on any atom is 0.335 e. The molecule has 0 aliphatic carbocycles. The zero-order valence-electron chi connectivity index (χ0n) is 13.7. The van der Waals surface area contributed by atoms with Gasteiger partial charge in [0.2, 0.25) is 5.95 Å². The van der Waals surface area contributed by atoms with Crippen molar-refractivity contribution in [2.24, 2.45) is 0 Å². The first-order valence-electron chi connectivity index (χ1n) is 7.65. The molecular weight excluding hydrogens is 355 g/mol. The minimum Gasteiger partial charge on any atom is -0.478 e. The fourth-order valence-corrected chi connectivity index (χ4v) is 2.24. The van der Waals surface area contributed by atoms with E-state index in [4.69, 9.17) is 10.2 Å². The molecule has 0 bridgehead atoms. The standard InChI is InChI=1S/C18H13FN4O4/c19-14-9-20-18(22-13-6-2-4-11(8-13)17(26)27)23-15(14)21-12-5-1-3-10(7-12)16(24)25/h1-9H,(H,24,25)(H,26,27)(H2,20,21,22,23). The highest BCUT2D eigenvalue weighted by atomic mass is 19.1. The van der Waals surface area contributed by atoms with E-state index in [1.165, 1.54) is 30.3 Å². The van der Waals surface area contributed by atoms with E-state index in [1.54, 1.807) is 18.2 Å². The lowest BCUT2D eigenvalue weighted by Gasteiger charge is -2.10. The first kappa shape index (κ1) is 17.8. The summed E-state index contributed by atoms with van der Waals surface area (Å²) in [5.74, 6) is -3.05. The second-order valence-corrected chi connectivity index (χ2v) is 5.41. The van der Waals surface area contributed by atoms with Crippen LogP contribution in [0.2, 0.25) is 0 Å².